The summed E-state index contributed by atoms with van der Waals surface area (Å²) in [5.74, 6) is -0.610. The van der Waals surface area contributed by atoms with Gasteiger partial charge in [-0.25, -0.2) is 0 Å². The smallest absolute Gasteiger partial charge is 0.361 e. The number of rotatable bonds is 3. The van der Waals surface area contributed by atoms with E-state index in [1.54, 1.807) is 0 Å². The maximum atomic E-state index is 12.9. The lowest BCUT2D eigenvalue weighted by Crippen LogP contribution is -2.17. The average molecular weight is 315 g/mol. The Balaban J connectivity index is 2.38. The number of alkyl halides is 3. The van der Waals surface area contributed by atoms with Crippen molar-refractivity contribution in [3.05, 3.63) is 51.4 Å². The van der Waals surface area contributed by atoms with Gasteiger partial charge in [-0.1, -0.05) is 5.16 Å². The van der Waals surface area contributed by atoms with Gasteiger partial charge in [0.15, 0.2) is 5.69 Å². The van der Waals surface area contributed by atoms with Crippen LogP contribution >= 0.6 is 0 Å². The summed E-state index contributed by atoms with van der Waals surface area (Å²) in [5.41, 5.74) is -2.87. The van der Waals surface area contributed by atoms with E-state index >= 15 is 0 Å². The van der Waals surface area contributed by atoms with Crippen molar-refractivity contribution in [2.45, 2.75) is 13.1 Å². The summed E-state index contributed by atoms with van der Waals surface area (Å²) in [5, 5.41) is 15.9. The van der Waals surface area contributed by atoms with Gasteiger partial charge < -0.3 is 9.84 Å². The van der Waals surface area contributed by atoms with E-state index in [1.165, 1.54) is 13.0 Å². The Morgan fingerprint density at radius 1 is 1.36 bits per heavy atom. The Bertz CT molecular complexity index is 739. The molecule has 0 spiro atoms. The summed E-state index contributed by atoms with van der Waals surface area (Å²) in [4.78, 5) is 21.4. The number of nitrogens with one attached hydrogen (secondary N) is 1. The van der Waals surface area contributed by atoms with Crippen LogP contribution in [0.25, 0.3) is 0 Å². The molecule has 0 saturated carbocycles. The van der Waals surface area contributed by atoms with Crippen LogP contribution in [0.15, 0.2) is 28.8 Å². The number of amides is 1. The van der Waals surface area contributed by atoms with E-state index in [4.69, 9.17) is 0 Å². The Kier molecular flexibility index (Phi) is 3.85. The molecule has 1 amide bonds. The molecule has 0 aliphatic rings. The van der Waals surface area contributed by atoms with E-state index in [0.29, 0.717) is 11.8 Å². The van der Waals surface area contributed by atoms with Crippen molar-refractivity contribution in [2.24, 2.45) is 0 Å². The number of nitro benzene ring substituents is 1. The highest BCUT2D eigenvalue weighted by molar-refractivity contribution is 6.03. The van der Waals surface area contributed by atoms with E-state index in [1.807, 2.05) is 5.32 Å². The van der Waals surface area contributed by atoms with Crippen LogP contribution in [-0.4, -0.2) is 16.0 Å². The third kappa shape index (κ3) is 3.22. The highest BCUT2D eigenvalue weighted by atomic mass is 19.4. The van der Waals surface area contributed by atoms with Crippen molar-refractivity contribution in [3.8, 4) is 0 Å². The highest BCUT2D eigenvalue weighted by Gasteiger charge is 2.35. The van der Waals surface area contributed by atoms with Crippen molar-refractivity contribution in [3.63, 3.8) is 0 Å². The van der Waals surface area contributed by atoms with Crippen LogP contribution < -0.4 is 5.32 Å². The molecule has 0 radical (unpaired) electrons. The fraction of sp³-hybridized carbons (Fsp3) is 0.167. The first-order valence-corrected chi connectivity index (χ1v) is 5.79. The third-order valence-electron chi connectivity index (χ3n) is 2.63. The Morgan fingerprint density at radius 3 is 2.55 bits per heavy atom. The number of halogens is 3. The number of anilines is 1. The quantitative estimate of drug-likeness (QED) is 0.693. The molecule has 0 aliphatic heterocycles. The number of aryl methyl sites for hydroxylation is 1. The van der Waals surface area contributed by atoms with Gasteiger partial charge in [0, 0.05) is 18.2 Å². The Morgan fingerprint density at radius 2 is 2.05 bits per heavy atom. The molecule has 0 fully saturated rings. The molecule has 0 atom stereocenters. The molecule has 1 aromatic heterocycles. The van der Waals surface area contributed by atoms with Crippen LogP contribution in [0, 0.1) is 17.0 Å². The van der Waals surface area contributed by atoms with Gasteiger partial charge in [-0.15, -0.1) is 0 Å². The minimum atomic E-state index is -4.87. The van der Waals surface area contributed by atoms with E-state index in [2.05, 4.69) is 9.68 Å². The first-order chi connectivity index (χ1) is 10.2. The number of aromatic nitrogens is 1. The zero-order chi connectivity index (χ0) is 16.5. The molecule has 0 saturated heterocycles. The number of non-ortho nitro benzene ring substituents is 1. The number of nitro groups is 1. The number of hydrogen-bond donors (Lipinski definition) is 1. The summed E-state index contributed by atoms with van der Waals surface area (Å²) in [7, 11) is 0. The lowest BCUT2D eigenvalue weighted by Gasteiger charge is -2.12. The summed E-state index contributed by atoms with van der Waals surface area (Å²) in [6.45, 7) is 1.51. The number of carbonyl (C=O) groups is 1. The second kappa shape index (κ2) is 5.47. The van der Waals surface area contributed by atoms with Crippen molar-refractivity contribution < 1.29 is 27.4 Å². The van der Waals surface area contributed by atoms with Gasteiger partial charge in [0.05, 0.1) is 16.2 Å². The summed E-state index contributed by atoms with van der Waals surface area (Å²) in [6, 6.07) is 3.27. The van der Waals surface area contributed by atoms with Crippen LogP contribution in [0.5, 0.6) is 0 Å². The predicted octanol–water partition coefficient (Wildman–Crippen LogP) is 3.16. The molecule has 22 heavy (non-hydrogen) atoms. The third-order valence-corrected chi connectivity index (χ3v) is 2.63. The van der Waals surface area contributed by atoms with Crippen LogP contribution in [-0.2, 0) is 6.18 Å². The molecule has 2 rings (SSSR count). The number of carbonyl (C=O) groups excluding carboxylic acids is 1. The van der Waals surface area contributed by atoms with Crippen LogP contribution in [0.4, 0.5) is 24.5 Å². The minimum Gasteiger partial charge on any atom is -0.361 e. The van der Waals surface area contributed by atoms with Crippen molar-refractivity contribution in [1.82, 2.24) is 5.16 Å². The van der Waals surface area contributed by atoms with E-state index in [-0.39, 0.29) is 5.69 Å². The van der Waals surface area contributed by atoms with Crippen LogP contribution in [0.2, 0.25) is 0 Å². The maximum absolute atomic E-state index is 12.9. The molecule has 0 bridgehead atoms. The molecule has 2 aromatic rings. The minimum absolute atomic E-state index is 0.205. The SMILES string of the molecule is Cc1cc(C(=O)Nc2ccc([N+](=O)[O-])cc2C(F)(F)F)no1. The molecule has 1 aromatic carbocycles. The topological polar surface area (TPSA) is 98.3 Å². The number of hydrogen-bond acceptors (Lipinski definition) is 5. The second-order valence-electron chi connectivity index (χ2n) is 4.26. The Hall–Kier alpha value is -2.91. The van der Waals surface area contributed by atoms with Gasteiger partial charge >= 0.3 is 6.18 Å². The highest BCUT2D eigenvalue weighted by Crippen LogP contribution is 2.37. The second-order valence-corrected chi connectivity index (χ2v) is 4.26. The molecule has 7 nitrogen and oxygen atoms in total. The van der Waals surface area contributed by atoms with Gasteiger partial charge in [-0.3, -0.25) is 14.9 Å². The maximum Gasteiger partial charge on any atom is 0.418 e. The molecule has 0 aliphatic carbocycles. The number of nitrogens with zero attached hydrogens (tertiary/aromatic N) is 2. The van der Waals surface area contributed by atoms with Crippen LogP contribution in [0.1, 0.15) is 21.8 Å². The molecular weight excluding hydrogens is 307 g/mol. The fourth-order valence-electron chi connectivity index (χ4n) is 1.65. The van der Waals surface area contributed by atoms with Gasteiger partial charge in [0.25, 0.3) is 11.6 Å². The van der Waals surface area contributed by atoms with Crippen LogP contribution in [0.3, 0.4) is 0 Å². The molecule has 0 unspecified atom stereocenters. The normalized spacial score (nSPS) is 11.3. The van der Waals surface area contributed by atoms with Gasteiger partial charge in [-0.05, 0) is 13.0 Å². The first kappa shape index (κ1) is 15.5. The monoisotopic (exact) mass is 315 g/mol. The molecular formula is C12H8F3N3O4. The predicted molar refractivity (Wildman–Crippen MR) is 67.3 cm³/mol. The molecule has 1 heterocycles. The van der Waals surface area contributed by atoms with E-state index in [9.17, 15) is 28.1 Å². The lowest BCUT2D eigenvalue weighted by atomic mass is 10.1. The van der Waals surface area contributed by atoms with Crippen molar-refractivity contribution in [1.29, 1.82) is 0 Å². The fourth-order valence-corrected chi connectivity index (χ4v) is 1.65. The largest absolute Gasteiger partial charge is 0.418 e. The molecule has 116 valence electrons. The molecule has 10 heteroatoms. The standard InChI is InChI=1S/C12H8F3N3O4/c1-6-4-10(17-22-6)11(19)16-9-3-2-7(18(20)21)5-8(9)12(13,14)15/h2-5H,1H3,(H,16,19). The zero-order valence-electron chi connectivity index (χ0n) is 11.0. The summed E-state index contributed by atoms with van der Waals surface area (Å²) < 4.78 is 43.5. The number of benzene rings is 1. The van der Waals surface area contributed by atoms with Gasteiger partial charge in [0.2, 0.25) is 0 Å². The summed E-state index contributed by atoms with van der Waals surface area (Å²) in [6.07, 6.45) is -4.87. The Labute approximate surface area is 120 Å². The van der Waals surface area contributed by atoms with E-state index < -0.39 is 33.9 Å². The zero-order valence-corrected chi connectivity index (χ0v) is 11.0. The molecule has 1 N–H and O–H groups in total. The van der Waals surface area contributed by atoms with E-state index in [0.717, 1.165) is 12.1 Å². The summed E-state index contributed by atoms with van der Waals surface area (Å²) >= 11 is 0. The van der Waals surface area contributed by atoms with Crippen molar-refractivity contribution >= 4 is 17.3 Å². The lowest BCUT2D eigenvalue weighted by molar-refractivity contribution is -0.385. The van der Waals surface area contributed by atoms with Crippen molar-refractivity contribution in [2.75, 3.05) is 5.32 Å². The van der Waals surface area contributed by atoms with Gasteiger partial charge in [-0.2, -0.15) is 13.2 Å². The van der Waals surface area contributed by atoms with Gasteiger partial charge in [0.1, 0.15) is 5.76 Å². The average Bonchev–Trinajstić information content (AvgIpc) is 2.84. The first-order valence-electron chi connectivity index (χ1n) is 5.79.